The lowest BCUT2D eigenvalue weighted by atomic mass is 9.96. The van der Waals surface area contributed by atoms with Crippen LogP contribution in [0, 0.1) is 0 Å². The molecule has 1 saturated heterocycles. The van der Waals surface area contributed by atoms with Crippen molar-refractivity contribution in [2.75, 3.05) is 33.2 Å². The molecule has 1 aliphatic heterocycles. The van der Waals surface area contributed by atoms with Gasteiger partial charge >= 0.3 is 6.18 Å². The van der Waals surface area contributed by atoms with Gasteiger partial charge in [0, 0.05) is 43.2 Å². The minimum absolute atomic E-state index is 0.0233. The molecule has 8 heteroatoms. The fourth-order valence-corrected chi connectivity index (χ4v) is 3.72. The van der Waals surface area contributed by atoms with Crippen LogP contribution in [0.15, 0.2) is 29.3 Å². The Morgan fingerprint density at radius 2 is 2.15 bits per heavy atom. The largest absolute Gasteiger partial charge is 0.401 e. The molecule has 1 aromatic carbocycles. The van der Waals surface area contributed by atoms with Crippen molar-refractivity contribution in [3.8, 4) is 0 Å². The van der Waals surface area contributed by atoms with Crippen LogP contribution in [0.1, 0.15) is 24.8 Å². The molecule has 1 unspecified atom stereocenters. The van der Waals surface area contributed by atoms with Gasteiger partial charge in [0.25, 0.3) is 0 Å². The van der Waals surface area contributed by atoms with E-state index >= 15 is 0 Å². The van der Waals surface area contributed by atoms with Gasteiger partial charge in [0.1, 0.15) is 0 Å². The van der Waals surface area contributed by atoms with Crippen LogP contribution in [0.5, 0.6) is 0 Å². The van der Waals surface area contributed by atoms with Crippen molar-refractivity contribution in [3.05, 3.63) is 34.9 Å². The van der Waals surface area contributed by atoms with E-state index in [1.807, 2.05) is 18.2 Å². The Bertz CT molecular complexity index is 658. The Hall–Kier alpha value is -1.47. The number of hydrogen-bond donors (Lipinski definition) is 2. The molecule has 3 rings (SSSR count). The Labute approximate surface area is 156 Å². The van der Waals surface area contributed by atoms with Gasteiger partial charge in [-0.1, -0.05) is 23.7 Å². The first-order valence-electron chi connectivity index (χ1n) is 8.82. The molecule has 2 N–H and O–H groups in total. The predicted molar refractivity (Wildman–Crippen MR) is 97.8 cm³/mol. The van der Waals surface area contributed by atoms with Crippen LogP contribution >= 0.6 is 11.6 Å². The summed E-state index contributed by atoms with van der Waals surface area (Å²) in [5.41, 5.74) is 1.28. The van der Waals surface area contributed by atoms with Crippen molar-refractivity contribution in [3.63, 3.8) is 0 Å². The molecule has 2 fully saturated rings. The molecule has 1 saturated carbocycles. The lowest BCUT2D eigenvalue weighted by molar-refractivity contribution is -0.143. The van der Waals surface area contributed by atoms with Gasteiger partial charge in [-0.15, -0.1) is 0 Å². The van der Waals surface area contributed by atoms with Crippen LogP contribution in [0.2, 0.25) is 5.02 Å². The van der Waals surface area contributed by atoms with Crippen LogP contribution in [0.25, 0.3) is 0 Å². The van der Waals surface area contributed by atoms with Gasteiger partial charge in [0.05, 0.1) is 6.54 Å². The van der Waals surface area contributed by atoms with Crippen molar-refractivity contribution in [1.29, 1.82) is 0 Å². The minimum atomic E-state index is -4.15. The molecular formula is C18H24ClF3N4. The van der Waals surface area contributed by atoms with E-state index in [2.05, 4.69) is 21.7 Å². The first kappa shape index (κ1) is 19.3. The van der Waals surface area contributed by atoms with E-state index in [1.165, 1.54) is 10.5 Å². The number of rotatable bonds is 5. The molecule has 0 aromatic heterocycles. The molecule has 0 amide bonds. The minimum Gasteiger partial charge on any atom is -0.356 e. The van der Waals surface area contributed by atoms with Crippen molar-refractivity contribution in [1.82, 2.24) is 15.5 Å². The van der Waals surface area contributed by atoms with Gasteiger partial charge in [-0.2, -0.15) is 13.2 Å². The normalized spacial score (nSPS) is 23.1. The summed E-state index contributed by atoms with van der Waals surface area (Å²) in [5.74, 6) is 0.636. The fourth-order valence-electron chi connectivity index (χ4n) is 3.53. The van der Waals surface area contributed by atoms with Crippen LogP contribution in [0.3, 0.4) is 0 Å². The van der Waals surface area contributed by atoms with E-state index in [0.717, 1.165) is 24.4 Å². The average molecular weight is 389 g/mol. The van der Waals surface area contributed by atoms with E-state index in [4.69, 9.17) is 11.6 Å². The number of hydrogen-bond acceptors (Lipinski definition) is 2. The van der Waals surface area contributed by atoms with Crippen LogP contribution in [-0.2, 0) is 5.41 Å². The van der Waals surface area contributed by atoms with Crippen LogP contribution in [0.4, 0.5) is 13.2 Å². The Kier molecular flexibility index (Phi) is 5.67. The summed E-state index contributed by atoms with van der Waals surface area (Å²) in [6.07, 6.45) is -1.30. The third kappa shape index (κ3) is 5.04. The number of nitrogens with one attached hydrogen (secondary N) is 2. The second-order valence-electron chi connectivity index (χ2n) is 7.20. The van der Waals surface area contributed by atoms with Crippen LogP contribution < -0.4 is 10.6 Å². The zero-order valence-corrected chi connectivity index (χ0v) is 15.5. The lowest BCUT2D eigenvalue weighted by Crippen LogP contribution is -2.47. The van der Waals surface area contributed by atoms with Gasteiger partial charge < -0.3 is 10.6 Å². The van der Waals surface area contributed by atoms with E-state index < -0.39 is 12.7 Å². The molecule has 0 radical (unpaired) electrons. The SMILES string of the molecule is CN=C(NCC1(c2cccc(Cl)c2)CC1)NC1CCN(CC(F)(F)F)C1. The van der Waals surface area contributed by atoms with Gasteiger partial charge in [0.2, 0.25) is 0 Å². The van der Waals surface area contributed by atoms with Crippen molar-refractivity contribution in [2.24, 2.45) is 4.99 Å². The highest BCUT2D eigenvalue weighted by molar-refractivity contribution is 6.30. The maximum absolute atomic E-state index is 12.5. The summed E-state index contributed by atoms with van der Waals surface area (Å²) in [6, 6.07) is 7.88. The smallest absolute Gasteiger partial charge is 0.356 e. The molecule has 0 bridgehead atoms. The molecule has 0 spiro atoms. The van der Waals surface area contributed by atoms with E-state index in [0.29, 0.717) is 25.5 Å². The summed E-state index contributed by atoms with van der Waals surface area (Å²) in [5, 5.41) is 7.31. The van der Waals surface area contributed by atoms with Crippen molar-refractivity contribution < 1.29 is 13.2 Å². The maximum Gasteiger partial charge on any atom is 0.401 e. The van der Waals surface area contributed by atoms with Gasteiger partial charge in [-0.25, -0.2) is 0 Å². The Balaban J connectivity index is 1.50. The third-order valence-corrected chi connectivity index (χ3v) is 5.36. The standard InChI is InChI=1S/C18H24ClF3N4/c1-23-16(25-15-5-8-26(10-15)12-18(20,21)22)24-11-17(6-7-17)13-3-2-4-14(19)9-13/h2-4,9,15H,5-8,10-12H2,1H3,(H2,23,24,25). The second kappa shape index (κ2) is 7.64. The molecule has 144 valence electrons. The van der Waals surface area contributed by atoms with E-state index in [-0.39, 0.29) is 11.5 Å². The first-order chi connectivity index (χ1) is 12.3. The molecule has 1 aliphatic carbocycles. The van der Waals surface area contributed by atoms with E-state index in [1.54, 1.807) is 7.05 Å². The highest BCUT2D eigenvalue weighted by Crippen LogP contribution is 2.48. The number of alkyl halides is 3. The monoisotopic (exact) mass is 388 g/mol. The molecule has 1 heterocycles. The predicted octanol–water partition coefficient (Wildman–Crippen LogP) is 3.17. The fraction of sp³-hybridized carbons (Fsp3) is 0.611. The topological polar surface area (TPSA) is 39.7 Å². The number of halogens is 4. The number of nitrogens with zero attached hydrogens (tertiary/aromatic N) is 2. The molecule has 1 atom stereocenters. The van der Waals surface area contributed by atoms with Crippen molar-refractivity contribution in [2.45, 2.75) is 36.9 Å². The number of likely N-dealkylation sites (tertiary alicyclic amines) is 1. The first-order valence-corrected chi connectivity index (χ1v) is 9.20. The van der Waals surface area contributed by atoms with Gasteiger partial charge in [0.15, 0.2) is 5.96 Å². The van der Waals surface area contributed by atoms with E-state index in [9.17, 15) is 13.2 Å². The summed E-state index contributed by atoms with van der Waals surface area (Å²) in [7, 11) is 1.68. The summed E-state index contributed by atoms with van der Waals surface area (Å²) in [6.45, 7) is 0.696. The van der Waals surface area contributed by atoms with Gasteiger partial charge in [-0.3, -0.25) is 9.89 Å². The van der Waals surface area contributed by atoms with Crippen molar-refractivity contribution >= 4 is 17.6 Å². The maximum atomic E-state index is 12.5. The highest BCUT2D eigenvalue weighted by atomic mass is 35.5. The Morgan fingerprint density at radius 3 is 2.77 bits per heavy atom. The summed E-state index contributed by atoms with van der Waals surface area (Å²) >= 11 is 6.10. The number of guanidine groups is 1. The molecule has 4 nitrogen and oxygen atoms in total. The summed E-state index contributed by atoms with van der Waals surface area (Å²) < 4.78 is 37.5. The zero-order chi connectivity index (χ0) is 18.8. The lowest BCUT2D eigenvalue weighted by Gasteiger charge is -2.22. The highest BCUT2D eigenvalue weighted by Gasteiger charge is 2.44. The molecular weight excluding hydrogens is 365 g/mol. The zero-order valence-electron chi connectivity index (χ0n) is 14.7. The third-order valence-electron chi connectivity index (χ3n) is 5.12. The molecule has 1 aromatic rings. The molecule has 26 heavy (non-hydrogen) atoms. The summed E-state index contributed by atoms with van der Waals surface area (Å²) in [4.78, 5) is 5.65. The number of aliphatic imine (C=N–C) groups is 1. The van der Waals surface area contributed by atoms with Crippen LogP contribution in [-0.4, -0.2) is 56.3 Å². The second-order valence-corrected chi connectivity index (χ2v) is 7.63. The van der Waals surface area contributed by atoms with Gasteiger partial charge in [-0.05, 0) is 37.0 Å². The number of benzene rings is 1. The quantitative estimate of drug-likeness (QED) is 0.601. The molecule has 2 aliphatic rings. The average Bonchev–Trinajstić information content (AvgIpc) is 3.25. The Morgan fingerprint density at radius 1 is 1.38 bits per heavy atom.